The molecule has 1 aromatic carbocycles. The molecule has 104 valence electrons. The van der Waals surface area contributed by atoms with Crippen LogP contribution in [0.3, 0.4) is 0 Å². The quantitative estimate of drug-likeness (QED) is 0.723. The van der Waals surface area contributed by atoms with Crippen LogP contribution in [0.2, 0.25) is 0 Å². The highest BCUT2D eigenvalue weighted by Gasteiger charge is 2.10. The molecule has 0 aliphatic carbocycles. The van der Waals surface area contributed by atoms with Gasteiger partial charge >= 0.3 is 5.76 Å². The molecule has 0 aliphatic rings. The van der Waals surface area contributed by atoms with Crippen LogP contribution in [-0.4, -0.2) is 9.55 Å². The minimum atomic E-state index is -0.382. The van der Waals surface area contributed by atoms with Gasteiger partial charge in [-0.2, -0.15) is 5.26 Å². The maximum absolute atomic E-state index is 11.5. The van der Waals surface area contributed by atoms with E-state index >= 15 is 0 Å². The molecule has 0 spiro atoms. The molecule has 5 nitrogen and oxygen atoms in total. The van der Waals surface area contributed by atoms with Crippen LogP contribution in [0, 0.1) is 11.3 Å². The lowest BCUT2D eigenvalue weighted by molar-refractivity contribution is 0.528. The second-order valence-corrected chi connectivity index (χ2v) is 4.97. The number of pyridine rings is 1. The molecular weight excluding hydrogens is 266 g/mol. The predicted octanol–water partition coefficient (Wildman–Crippen LogP) is 2.82. The number of aryl methyl sites for hydroxylation is 1. The van der Waals surface area contributed by atoms with E-state index in [1.54, 1.807) is 25.5 Å². The Bertz CT molecular complexity index is 915. The van der Waals surface area contributed by atoms with Gasteiger partial charge in [-0.25, -0.2) is 4.79 Å². The molecule has 21 heavy (non-hydrogen) atoms. The second-order valence-electron chi connectivity index (χ2n) is 4.97. The van der Waals surface area contributed by atoms with E-state index in [9.17, 15) is 4.79 Å². The van der Waals surface area contributed by atoms with Gasteiger partial charge in [0.25, 0.3) is 0 Å². The van der Waals surface area contributed by atoms with Crippen LogP contribution in [0.4, 0.5) is 0 Å². The molecule has 0 saturated heterocycles. The van der Waals surface area contributed by atoms with Gasteiger partial charge in [0.1, 0.15) is 0 Å². The Labute approximate surface area is 121 Å². The predicted molar refractivity (Wildman–Crippen MR) is 78.7 cm³/mol. The van der Waals surface area contributed by atoms with E-state index < -0.39 is 0 Å². The van der Waals surface area contributed by atoms with Gasteiger partial charge in [-0.15, -0.1) is 0 Å². The van der Waals surface area contributed by atoms with Crippen molar-refractivity contribution in [3.05, 3.63) is 52.8 Å². The first-order chi connectivity index (χ1) is 10.1. The summed E-state index contributed by atoms with van der Waals surface area (Å²) in [6, 6.07) is 9.68. The third-order valence-corrected chi connectivity index (χ3v) is 3.58. The largest absolute Gasteiger partial charge is 0.419 e. The zero-order valence-electron chi connectivity index (χ0n) is 11.7. The first-order valence-electron chi connectivity index (χ1n) is 6.54. The molecule has 3 aromatic rings. The Kier molecular flexibility index (Phi) is 3.07. The summed E-state index contributed by atoms with van der Waals surface area (Å²) >= 11 is 0. The Morgan fingerprint density at radius 3 is 2.86 bits per heavy atom. The fourth-order valence-electron chi connectivity index (χ4n) is 2.23. The molecule has 0 aliphatic heterocycles. The molecule has 5 heteroatoms. The molecule has 0 bridgehead atoms. The first kappa shape index (κ1) is 13.1. The van der Waals surface area contributed by atoms with E-state index in [2.05, 4.69) is 11.1 Å². The lowest BCUT2D eigenvalue weighted by atomic mass is 10.00. The van der Waals surface area contributed by atoms with Gasteiger partial charge in [0.15, 0.2) is 5.58 Å². The van der Waals surface area contributed by atoms with Crippen molar-refractivity contribution in [2.75, 3.05) is 0 Å². The van der Waals surface area contributed by atoms with Crippen molar-refractivity contribution in [3.63, 3.8) is 0 Å². The van der Waals surface area contributed by atoms with Crippen LogP contribution in [0.15, 0.2) is 45.9 Å². The van der Waals surface area contributed by atoms with Crippen LogP contribution < -0.4 is 5.76 Å². The van der Waals surface area contributed by atoms with Crippen LogP contribution in [0.5, 0.6) is 0 Å². The van der Waals surface area contributed by atoms with Gasteiger partial charge in [0.05, 0.1) is 17.5 Å². The molecule has 2 heterocycles. The van der Waals surface area contributed by atoms with Gasteiger partial charge in [0.2, 0.25) is 0 Å². The Hall–Kier alpha value is -2.87. The van der Waals surface area contributed by atoms with E-state index in [1.165, 1.54) is 4.57 Å². The number of oxazole rings is 1. The van der Waals surface area contributed by atoms with Crippen molar-refractivity contribution in [1.29, 1.82) is 5.26 Å². The Morgan fingerprint density at radius 1 is 1.29 bits per heavy atom. The summed E-state index contributed by atoms with van der Waals surface area (Å²) in [4.78, 5) is 15.7. The second kappa shape index (κ2) is 4.91. The minimum absolute atomic E-state index is 0.209. The van der Waals surface area contributed by atoms with E-state index in [1.807, 2.05) is 25.1 Å². The van der Waals surface area contributed by atoms with Crippen molar-refractivity contribution in [2.24, 2.45) is 7.05 Å². The van der Waals surface area contributed by atoms with E-state index in [0.717, 1.165) is 22.2 Å². The first-order valence-corrected chi connectivity index (χ1v) is 6.54. The normalized spacial score (nSPS) is 12.2. The fourth-order valence-corrected chi connectivity index (χ4v) is 2.23. The van der Waals surface area contributed by atoms with Crippen LogP contribution in [-0.2, 0) is 7.05 Å². The van der Waals surface area contributed by atoms with Crippen LogP contribution in [0.25, 0.3) is 22.2 Å². The number of fused-ring (bicyclic) bond motifs is 1. The lowest BCUT2D eigenvalue weighted by Crippen LogP contribution is -2.08. The highest BCUT2D eigenvalue weighted by atomic mass is 16.4. The zero-order chi connectivity index (χ0) is 15.0. The Morgan fingerprint density at radius 2 is 2.10 bits per heavy atom. The summed E-state index contributed by atoms with van der Waals surface area (Å²) in [6.45, 7) is 1.84. The minimum Gasteiger partial charge on any atom is -0.408 e. The molecule has 0 saturated carbocycles. The van der Waals surface area contributed by atoms with E-state index in [4.69, 9.17) is 9.68 Å². The zero-order valence-corrected chi connectivity index (χ0v) is 11.7. The molecule has 0 N–H and O–H groups in total. The number of hydrogen-bond acceptors (Lipinski definition) is 4. The number of nitriles is 1. The highest BCUT2D eigenvalue weighted by molar-refractivity contribution is 5.80. The summed E-state index contributed by atoms with van der Waals surface area (Å²) in [6.07, 6.45) is 3.44. The molecule has 0 fully saturated rings. The monoisotopic (exact) mass is 279 g/mol. The average molecular weight is 279 g/mol. The molecule has 1 atom stereocenters. The van der Waals surface area contributed by atoms with Crippen molar-refractivity contribution in [1.82, 2.24) is 9.55 Å². The molecule has 1 unspecified atom stereocenters. The summed E-state index contributed by atoms with van der Waals surface area (Å²) in [7, 11) is 1.67. The van der Waals surface area contributed by atoms with Gasteiger partial charge in [0, 0.05) is 25.0 Å². The number of benzene rings is 1. The van der Waals surface area contributed by atoms with Crippen molar-refractivity contribution >= 4 is 11.1 Å². The summed E-state index contributed by atoms with van der Waals surface area (Å²) in [5.74, 6) is -0.591. The molecule has 2 aromatic heterocycles. The molecule has 0 radical (unpaired) electrons. The average Bonchev–Trinajstić information content (AvgIpc) is 2.81. The van der Waals surface area contributed by atoms with Gasteiger partial charge in [-0.05, 0) is 36.2 Å². The number of hydrogen-bond donors (Lipinski definition) is 0. The summed E-state index contributed by atoms with van der Waals surface area (Å²) in [5, 5.41) is 9.00. The smallest absolute Gasteiger partial charge is 0.408 e. The maximum Gasteiger partial charge on any atom is 0.419 e. The molecular formula is C16H13N3O2. The third kappa shape index (κ3) is 2.21. The summed E-state index contributed by atoms with van der Waals surface area (Å²) < 4.78 is 6.58. The number of aromatic nitrogens is 2. The van der Waals surface area contributed by atoms with Gasteiger partial charge in [-0.1, -0.05) is 6.07 Å². The number of rotatable bonds is 2. The number of nitrogens with zero attached hydrogens (tertiary/aromatic N) is 3. The Balaban J connectivity index is 2.14. The maximum atomic E-state index is 11.5. The molecule has 0 amide bonds. The SMILES string of the molecule is CC(C#N)c1cncc(-c2ccc3oc(=O)n(C)c3c2)c1. The van der Waals surface area contributed by atoms with Crippen molar-refractivity contribution in [2.45, 2.75) is 12.8 Å². The standard InChI is InChI=1S/C16H13N3O2/c1-10(7-17)12-5-13(9-18-8-12)11-3-4-15-14(6-11)19(2)16(20)21-15/h3-6,8-10H,1-2H3. The van der Waals surface area contributed by atoms with Gasteiger partial charge in [-0.3, -0.25) is 9.55 Å². The topological polar surface area (TPSA) is 71.8 Å². The van der Waals surface area contributed by atoms with Crippen LogP contribution in [0.1, 0.15) is 18.4 Å². The molecule has 3 rings (SSSR count). The third-order valence-electron chi connectivity index (χ3n) is 3.58. The van der Waals surface area contributed by atoms with Crippen molar-refractivity contribution in [3.8, 4) is 17.2 Å². The van der Waals surface area contributed by atoms with Crippen molar-refractivity contribution < 1.29 is 4.42 Å². The fraction of sp³-hybridized carbons (Fsp3) is 0.188. The highest BCUT2D eigenvalue weighted by Crippen LogP contribution is 2.25. The van der Waals surface area contributed by atoms with E-state index in [0.29, 0.717) is 5.58 Å². The summed E-state index contributed by atoms with van der Waals surface area (Å²) in [5.41, 5.74) is 4.00. The van der Waals surface area contributed by atoms with Crippen LogP contribution >= 0.6 is 0 Å². The lowest BCUT2D eigenvalue weighted by Gasteiger charge is -2.06. The van der Waals surface area contributed by atoms with Gasteiger partial charge < -0.3 is 4.42 Å². The van der Waals surface area contributed by atoms with E-state index in [-0.39, 0.29) is 11.7 Å².